The zero-order valence-corrected chi connectivity index (χ0v) is 10.7. The molecule has 0 amide bonds. The number of halogens is 1. The first-order valence-electron chi connectivity index (χ1n) is 5.61. The minimum atomic E-state index is -0.204. The fraction of sp³-hybridized carbons (Fsp3) is 0.538. The lowest BCUT2D eigenvalue weighted by Crippen LogP contribution is -2.33. The van der Waals surface area contributed by atoms with Crippen molar-refractivity contribution < 1.29 is 9.47 Å². The summed E-state index contributed by atoms with van der Waals surface area (Å²) in [4.78, 5) is 0. The van der Waals surface area contributed by atoms with Crippen LogP contribution in [0.5, 0.6) is 11.5 Å². The minimum Gasteiger partial charge on any atom is -0.494 e. The Morgan fingerprint density at radius 2 is 2.25 bits per heavy atom. The van der Waals surface area contributed by atoms with Crippen LogP contribution in [0, 0.1) is 0 Å². The highest BCUT2D eigenvalue weighted by Crippen LogP contribution is 2.44. The predicted octanol–water partition coefficient (Wildman–Crippen LogP) is 3.93. The molecule has 0 bridgehead atoms. The molecule has 1 atom stereocenters. The van der Waals surface area contributed by atoms with Gasteiger partial charge in [0.2, 0.25) is 0 Å². The van der Waals surface area contributed by atoms with Gasteiger partial charge in [-0.25, -0.2) is 0 Å². The second kappa shape index (κ2) is 4.17. The van der Waals surface area contributed by atoms with E-state index in [1.54, 1.807) is 0 Å². The first-order chi connectivity index (χ1) is 7.52. The summed E-state index contributed by atoms with van der Waals surface area (Å²) in [6, 6.07) is 5.86. The van der Waals surface area contributed by atoms with Gasteiger partial charge < -0.3 is 9.47 Å². The number of fused-ring (bicyclic) bond motifs is 1. The number of rotatable bonds is 2. The maximum Gasteiger partial charge on any atom is 0.128 e. The summed E-state index contributed by atoms with van der Waals surface area (Å²) in [6.45, 7) is 6.73. The van der Waals surface area contributed by atoms with Crippen LogP contribution in [0.15, 0.2) is 18.2 Å². The molecule has 2 rings (SSSR count). The van der Waals surface area contributed by atoms with E-state index in [-0.39, 0.29) is 11.0 Å². The number of hydrogen-bond acceptors (Lipinski definition) is 2. The van der Waals surface area contributed by atoms with Crippen molar-refractivity contribution in [3.8, 4) is 11.5 Å². The van der Waals surface area contributed by atoms with Gasteiger partial charge in [0.05, 0.1) is 12.0 Å². The fourth-order valence-electron chi connectivity index (χ4n) is 2.00. The molecule has 1 aromatic rings. The van der Waals surface area contributed by atoms with Crippen molar-refractivity contribution in [1.82, 2.24) is 0 Å². The molecule has 0 aliphatic carbocycles. The first-order valence-corrected chi connectivity index (χ1v) is 6.05. The molecular formula is C13H17ClO2. The Bertz CT molecular complexity index is 388. The molecule has 1 aliphatic heterocycles. The van der Waals surface area contributed by atoms with Crippen LogP contribution in [0.4, 0.5) is 0 Å². The van der Waals surface area contributed by atoms with Gasteiger partial charge in [-0.1, -0.05) is 6.07 Å². The minimum absolute atomic E-state index is 0.0226. The van der Waals surface area contributed by atoms with Crippen LogP contribution in [0.3, 0.4) is 0 Å². The Labute approximate surface area is 102 Å². The van der Waals surface area contributed by atoms with Gasteiger partial charge in [0, 0.05) is 18.1 Å². The first kappa shape index (κ1) is 11.6. The molecule has 1 heterocycles. The summed E-state index contributed by atoms with van der Waals surface area (Å²) in [5.74, 6) is 1.69. The second-order valence-corrected chi connectivity index (χ2v) is 5.19. The molecule has 16 heavy (non-hydrogen) atoms. The van der Waals surface area contributed by atoms with Crippen LogP contribution in [-0.4, -0.2) is 12.2 Å². The Morgan fingerprint density at radius 3 is 2.94 bits per heavy atom. The SMILES string of the molecule is CCOc1ccc2c(c1)OC(C)(C)CC2Cl. The Balaban J connectivity index is 2.34. The van der Waals surface area contributed by atoms with E-state index in [0.717, 1.165) is 23.5 Å². The van der Waals surface area contributed by atoms with E-state index < -0.39 is 0 Å². The van der Waals surface area contributed by atoms with Crippen LogP contribution in [-0.2, 0) is 0 Å². The smallest absolute Gasteiger partial charge is 0.128 e. The van der Waals surface area contributed by atoms with Crippen molar-refractivity contribution in [3.63, 3.8) is 0 Å². The van der Waals surface area contributed by atoms with Gasteiger partial charge in [0.25, 0.3) is 0 Å². The van der Waals surface area contributed by atoms with E-state index in [4.69, 9.17) is 21.1 Å². The molecule has 0 saturated heterocycles. The monoisotopic (exact) mass is 240 g/mol. The van der Waals surface area contributed by atoms with Crippen molar-refractivity contribution in [2.45, 2.75) is 38.2 Å². The molecular weight excluding hydrogens is 224 g/mol. The van der Waals surface area contributed by atoms with E-state index >= 15 is 0 Å². The topological polar surface area (TPSA) is 18.5 Å². The fourth-order valence-corrected chi connectivity index (χ4v) is 2.55. The van der Waals surface area contributed by atoms with E-state index in [2.05, 4.69) is 13.8 Å². The van der Waals surface area contributed by atoms with Crippen molar-refractivity contribution in [2.75, 3.05) is 6.61 Å². The van der Waals surface area contributed by atoms with Gasteiger partial charge in [-0.05, 0) is 26.8 Å². The Kier molecular flexibility index (Phi) is 3.02. The molecule has 0 radical (unpaired) electrons. The van der Waals surface area contributed by atoms with Gasteiger partial charge in [0.1, 0.15) is 17.1 Å². The summed E-state index contributed by atoms with van der Waals surface area (Å²) >= 11 is 6.34. The number of benzene rings is 1. The summed E-state index contributed by atoms with van der Waals surface area (Å²) in [7, 11) is 0. The van der Waals surface area contributed by atoms with Crippen LogP contribution < -0.4 is 9.47 Å². The van der Waals surface area contributed by atoms with Gasteiger partial charge in [0.15, 0.2) is 0 Å². The zero-order valence-electron chi connectivity index (χ0n) is 9.92. The standard InChI is InChI=1S/C13H17ClO2/c1-4-15-9-5-6-10-11(14)8-13(2,3)16-12(10)7-9/h5-7,11H,4,8H2,1-3H3. The van der Waals surface area contributed by atoms with Gasteiger partial charge >= 0.3 is 0 Å². The summed E-state index contributed by atoms with van der Waals surface area (Å²) < 4.78 is 11.4. The molecule has 2 nitrogen and oxygen atoms in total. The van der Waals surface area contributed by atoms with Crippen molar-refractivity contribution >= 4 is 11.6 Å². The third-order valence-corrected chi connectivity index (χ3v) is 3.08. The van der Waals surface area contributed by atoms with Crippen molar-refractivity contribution in [1.29, 1.82) is 0 Å². The largest absolute Gasteiger partial charge is 0.494 e. The molecule has 0 spiro atoms. The third-order valence-electron chi connectivity index (χ3n) is 2.69. The van der Waals surface area contributed by atoms with E-state index in [1.807, 2.05) is 25.1 Å². The highest BCUT2D eigenvalue weighted by molar-refractivity contribution is 6.21. The molecule has 0 aromatic heterocycles. The van der Waals surface area contributed by atoms with E-state index in [9.17, 15) is 0 Å². The lowest BCUT2D eigenvalue weighted by Gasteiger charge is -2.35. The Morgan fingerprint density at radius 1 is 1.50 bits per heavy atom. The third kappa shape index (κ3) is 2.27. The summed E-state index contributed by atoms with van der Waals surface area (Å²) in [5.41, 5.74) is 0.856. The van der Waals surface area contributed by atoms with Gasteiger partial charge in [-0.3, -0.25) is 0 Å². The number of hydrogen-bond donors (Lipinski definition) is 0. The maximum atomic E-state index is 6.34. The van der Waals surface area contributed by atoms with E-state index in [0.29, 0.717) is 6.61 Å². The molecule has 1 aromatic carbocycles. The lowest BCUT2D eigenvalue weighted by atomic mass is 9.94. The molecule has 1 unspecified atom stereocenters. The normalized spacial score (nSPS) is 22.1. The lowest BCUT2D eigenvalue weighted by molar-refractivity contribution is 0.0821. The van der Waals surface area contributed by atoms with Gasteiger partial charge in [-0.2, -0.15) is 0 Å². The average Bonchev–Trinajstić information content (AvgIpc) is 2.15. The maximum absolute atomic E-state index is 6.34. The average molecular weight is 241 g/mol. The summed E-state index contributed by atoms with van der Waals surface area (Å²) in [5, 5.41) is 0.0226. The zero-order chi connectivity index (χ0) is 11.8. The Hall–Kier alpha value is -0.890. The highest BCUT2D eigenvalue weighted by atomic mass is 35.5. The number of alkyl halides is 1. The van der Waals surface area contributed by atoms with Crippen molar-refractivity contribution in [2.24, 2.45) is 0 Å². The molecule has 3 heteroatoms. The van der Waals surface area contributed by atoms with Crippen LogP contribution in [0.2, 0.25) is 0 Å². The van der Waals surface area contributed by atoms with Gasteiger partial charge in [-0.15, -0.1) is 11.6 Å². The highest BCUT2D eigenvalue weighted by Gasteiger charge is 2.32. The number of ether oxygens (including phenoxy) is 2. The molecule has 88 valence electrons. The van der Waals surface area contributed by atoms with Crippen LogP contribution in [0.25, 0.3) is 0 Å². The predicted molar refractivity (Wildman–Crippen MR) is 65.5 cm³/mol. The van der Waals surface area contributed by atoms with Crippen LogP contribution >= 0.6 is 11.6 Å². The quantitative estimate of drug-likeness (QED) is 0.730. The van der Waals surface area contributed by atoms with E-state index in [1.165, 1.54) is 0 Å². The van der Waals surface area contributed by atoms with Crippen molar-refractivity contribution in [3.05, 3.63) is 23.8 Å². The summed E-state index contributed by atoms with van der Waals surface area (Å²) in [6.07, 6.45) is 0.829. The molecule has 0 saturated carbocycles. The molecule has 1 aliphatic rings. The second-order valence-electron chi connectivity index (χ2n) is 4.67. The van der Waals surface area contributed by atoms with Crippen LogP contribution in [0.1, 0.15) is 38.1 Å². The molecule has 0 N–H and O–H groups in total. The molecule has 0 fully saturated rings.